The quantitative estimate of drug-likeness (QED) is 0.530. The number of fused-ring (bicyclic) bond motifs is 1. The molecule has 0 bridgehead atoms. The first kappa shape index (κ1) is 17.3. The van der Waals surface area contributed by atoms with E-state index in [0.717, 1.165) is 17.1 Å². The molecule has 0 aliphatic rings. The molecular formula is C18H11ClN4O3S. The van der Waals surface area contributed by atoms with Crippen molar-refractivity contribution in [2.45, 2.75) is 6.92 Å². The van der Waals surface area contributed by atoms with Crippen LogP contribution in [0.1, 0.15) is 15.9 Å². The number of carboxylic acid groups (broad SMARTS) is 1. The summed E-state index contributed by atoms with van der Waals surface area (Å²) < 4.78 is 5.78. The number of benzene rings is 1. The van der Waals surface area contributed by atoms with Gasteiger partial charge in [-0.15, -0.1) is 0 Å². The number of nitrogens with zero attached hydrogens (tertiary/aromatic N) is 4. The molecule has 0 unspecified atom stereocenters. The Balaban J connectivity index is 2.02. The molecule has 0 saturated carbocycles. The number of aromatic nitrogens is 4. The van der Waals surface area contributed by atoms with Gasteiger partial charge < -0.3 is 5.11 Å². The lowest BCUT2D eigenvalue weighted by Gasteiger charge is -2.10. The minimum atomic E-state index is -1.32. The lowest BCUT2D eigenvalue weighted by molar-refractivity contribution is 0.0695. The monoisotopic (exact) mass is 398 g/mol. The van der Waals surface area contributed by atoms with E-state index in [4.69, 9.17) is 11.6 Å². The van der Waals surface area contributed by atoms with Crippen LogP contribution >= 0.6 is 23.1 Å². The van der Waals surface area contributed by atoms with E-state index >= 15 is 0 Å². The van der Waals surface area contributed by atoms with Crippen LogP contribution in [0.5, 0.6) is 0 Å². The fourth-order valence-corrected chi connectivity index (χ4v) is 3.68. The Hall–Kier alpha value is -3.10. The second kappa shape index (κ2) is 6.57. The lowest BCUT2D eigenvalue weighted by Crippen LogP contribution is -2.20. The Bertz CT molecular complexity index is 1250. The summed E-state index contributed by atoms with van der Waals surface area (Å²) in [6.07, 6.45) is 1.21. The van der Waals surface area contributed by atoms with E-state index in [0.29, 0.717) is 16.5 Å². The summed E-state index contributed by atoms with van der Waals surface area (Å²) in [5, 5.41) is 10.2. The molecule has 7 nitrogen and oxygen atoms in total. The normalized spacial score (nSPS) is 11.0. The molecule has 0 atom stereocenters. The summed E-state index contributed by atoms with van der Waals surface area (Å²) in [6.45, 7) is 1.68. The summed E-state index contributed by atoms with van der Waals surface area (Å²) in [5.74, 6) is -0.823. The van der Waals surface area contributed by atoms with Gasteiger partial charge in [-0.1, -0.05) is 41.9 Å². The van der Waals surface area contributed by atoms with Crippen molar-refractivity contribution in [2.75, 3.05) is 0 Å². The molecule has 1 N–H and O–H groups in total. The van der Waals surface area contributed by atoms with Crippen LogP contribution in [0.2, 0.25) is 5.15 Å². The number of halogens is 1. The first-order valence-electron chi connectivity index (χ1n) is 7.81. The molecular weight excluding hydrogens is 388 g/mol. The summed E-state index contributed by atoms with van der Waals surface area (Å²) in [4.78, 5) is 32.9. The highest BCUT2D eigenvalue weighted by molar-refractivity contribution is 7.08. The first-order chi connectivity index (χ1) is 13.0. The molecule has 0 aliphatic heterocycles. The number of carboxylic acids is 1. The van der Waals surface area contributed by atoms with Gasteiger partial charge in [0, 0.05) is 23.3 Å². The summed E-state index contributed by atoms with van der Waals surface area (Å²) in [6, 6.07) is 10.9. The van der Waals surface area contributed by atoms with Gasteiger partial charge in [-0.25, -0.2) is 9.78 Å². The number of aromatic carboxylic acids is 1. The molecule has 134 valence electrons. The molecule has 0 fully saturated rings. The van der Waals surface area contributed by atoms with Gasteiger partial charge >= 0.3 is 5.97 Å². The third kappa shape index (κ3) is 2.98. The minimum absolute atomic E-state index is 0.191. The van der Waals surface area contributed by atoms with Crippen LogP contribution in [-0.2, 0) is 0 Å². The number of carbonyl (C=O) groups is 1. The zero-order valence-electron chi connectivity index (χ0n) is 13.9. The second-order valence-corrected chi connectivity index (χ2v) is 6.89. The van der Waals surface area contributed by atoms with Crippen molar-refractivity contribution in [2.24, 2.45) is 0 Å². The molecule has 4 aromatic rings. The van der Waals surface area contributed by atoms with Crippen LogP contribution in [0.15, 0.2) is 47.4 Å². The van der Waals surface area contributed by atoms with Gasteiger partial charge in [-0.05, 0) is 18.6 Å². The first-order valence-corrected chi connectivity index (χ1v) is 8.96. The smallest absolute Gasteiger partial charge is 0.341 e. The molecule has 27 heavy (non-hydrogen) atoms. The largest absolute Gasteiger partial charge is 0.477 e. The van der Waals surface area contributed by atoms with Gasteiger partial charge in [-0.2, -0.15) is 9.36 Å². The van der Waals surface area contributed by atoms with Crippen molar-refractivity contribution < 1.29 is 9.90 Å². The highest BCUT2D eigenvalue weighted by Gasteiger charge is 2.20. The van der Waals surface area contributed by atoms with Crippen LogP contribution in [0.3, 0.4) is 0 Å². The topological polar surface area (TPSA) is 98.0 Å². The molecule has 1 aromatic carbocycles. The van der Waals surface area contributed by atoms with Gasteiger partial charge in [0.1, 0.15) is 10.7 Å². The van der Waals surface area contributed by atoms with Crippen LogP contribution in [-0.4, -0.2) is 30.0 Å². The van der Waals surface area contributed by atoms with E-state index in [-0.39, 0.29) is 21.7 Å². The van der Waals surface area contributed by atoms with Crippen LogP contribution in [0.25, 0.3) is 27.6 Å². The highest BCUT2D eigenvalue weighted by atomic mass is 35.5. The van der Waals surface area contributed by atoms with Crippen molar-refractivity contribution in [3.63, 3.8) is 0 Å². The standard InChI is InChI=1S/C18H11ClN4O3S/c1-9-7-12(19)20-16-13(9)14(24)11(17(25)26)8-23(16)18-21-15(22-27-18)10-5-3-2-4-6-10/h2-8H,1H3,(H,25,26). The Morgan fingerprint density at radius 1 is 1.22 bits per heavy atom. The van der Waals surface area contributed by atoms with E-state index in [9.17, 15) is 14.7 Å². The van der Waals surface area contributed by atoms with Gasteiger partial charge in [0.15, 0.2) is 11.5 Å². The predicted octanol–water partition coefficient (Wildman–Crippen LogP) is 3.56. The van der Waals surface area contributed by atoms with Crippen molar-refractivity contribution in [3.8, 4) is 16.5 Å². The van der Waals surface area contributed by atoms with Crippen molar-refractivity contribution in [3.05, 3.63) is 69.1 Å². The third-order valence-corrected chi connectivity index (χ3v) is 4.92. The van der Waals surface area contributed by atoms with Crippen molar-refractivity contribution >= 4 is 40.1 Å². The van der Waals surface area contributed by atoms with Gasteiger partial charge in [0.2, 0.25) is 10.6 Å². The molecule has 3 aromatic heterocycles. The van der Waals surface area contributed by atoms with Gasteiger partial charge in [0.25, 0.3) is 0 Å². The molecule has 0 aliphatic carbocycles. The highest BCUT2D eigenvalue weighted by Crippen LogP contribution is 2.25. The zero-order valence-corrected chi connectivity index (χ0v) is 15.5. The van der Waals surface area contributed by atoms with Crippen molar-refractivity contribution in [1.29, 1.82) is 0 Å². The maximum Gasteiger partial charge on any atom is 0.341 e. The zero-order chi connectivity index (χ0) is 19.1. The summed E-state index contributed by atoms with van der Waals surface area (Å²) in [5.41, 5.74) is 0.630. The molecule has 3 heterocycles. The molecule has 0 saturated heterocycles. The number of pyridine rings is 2. The maximum absolute atomic E-state index is 12.6. The van der Waals surface area contributed by atoms with Gasteiger partial charge in [0.05, 0.1) is 5.39 Å². The Morgan fingerprint density at radius 2 is 1.96 bits per heavy atom. The van der Waals surface area contributed by atoms with Crippen LogP contribution in [0.4, 0.5) is 0 Å². The minimum Gasteiger partial charge on any atom is -0.477 e. The van der Waals surface area contributed by atoms with E-state index < -0.39 is 11.4 Å². The van der Waals surface area contributed by atoms with E-state index in [1.54, 1.807) is 6.92 Å². The third-order valence-electron chi connectivity index (χ3n) is 4.01. The van der Waals surface area contributed by atoms with E-state index in [1.807, 2.05) is 30.3 Å². The Kier molecular flexibility index (Phi) is 4.21. The SMILES string of the molecule is Cc1cc(Cl)nc2c1c(=O)c(C(=O)O)cn2-c1nc(-c2ccccc2)ns1. The maximum atomic E-state index is 12.6. The van der Waals surface area contributed by atoms with Gasteiger partial charge in [-0.3, -0.25) is 9.36 Å². The number of hydrogen-bond acceptors (Lipinski definition) is 6. The lowest BCUT2D eigenvalue weighted by atomic mass is 10.1. The second-order valence-electron chi connectivity index (χ2n) is 5.77. The molecule has 0 amide bonds. The van der Waals surface area contributed by atoms with Crippen LogP contribution < -0.4 is 5.43 Å². The van der Waals surface area contributed by atoms with Crippen LogP contribution in [0, 0.1) is 6.92 Å². The average Bonchev–Trinajstić information content (AvgIpc) is 3.11. The molecule has 9 heteroatoms. The molecule has 4 rings (SSSR count). The number of aryl methyl sites for hydroxylation is 1. The summed E-state index contributed by atoms with van der Waals surface area (Å²) >= 11 is 7.14. The Morgan fingerprint density at radius 3 is 2.67 bits per heavy atom. The fraction of sp³-hybridized carbons (Fsp3) is 0.0556. The Labute approximate surface area is 161 Å². The van der Waals surface area contributed by atoms with E-state index in [2.05, 4.69) is 14.3 Å². The average molecular weight is 399 g/mol. The fourth-order valence-electron chi connectivity index (χ4n) is 2.77. The van der Waals surface area contributed by atoms with E-state index in [1.165, 1.54) is 16.8 Å². The summed E-state index contributed by atoms with van der Waals surface area (Å²) in [7, 11) is 0. The number of rotatable bonds is 3. The number of hydrogen-bond donors (Lipinski definition) is 1. The van der Waals surface area contributed by atoms with Crippen molar-refractivity contribution in [1.82, 2.24) is 18.9 Å². The molecule has 0 spiro atoms. The predicted molar refractivity (Wildman–Crippen MR) is 103 cm³/mol. The molecule has 0 radical (unpaired) electrons.